The molecule has 81 heavy (non-hydrogen) atoms. The average molecular weight is 1120 g/mol. The number of aryl methyl sites for hydroxylation is 3. The van der Waals surface area contributed by atoms with Gasteiger partial charge in [-0.1, -0.05) is 56.3 Å². The number of carbonyl (C=O) groups excluding carboxylic acids is 4. The first-order valence-corrected chi connectivity index (χ1v) is 29.1. The van der Waals surface area contributed by atoms with Gasteiger partial charge in [0.15, 0.2) is 0 Å². The van der Waals surface area contributed by atoms with Gasteiger partial charge in [0.2, 0.25) is 11.8 Å². The minimum absolute atomic E-state index is 0.00958. The van der Waals surface area contributed by atoms with Crippen molar-refractivity contribution >= 4 is 40.7 Å². The summed E-state index contributed by atoms with van der Waals surface area (Å²) in [6, 6.07) is 25.6. The zero-order chi connectivity index (χ0) is 57.3. The van der Waals surface area contributed by atoms with E-state index < -0.39 is 24.1 Å². The Labute approximate surface area is 478 Å². The number of aromatic nitrogens is 2. The number of nitrogens with zero attached hydrogens (tertiary/aromatic N) is 4. The second-order valence-electron chi connectivity index (χ2n) is 21.6. The Morgan fingerprint density at radius 3 is 2.36 bits per heavy atom. The molecule has 4 aromatic carbocycles. The number of aliphatic hydroxyl groups excluding tert-OH is 1. The molecule has 3 atom stereocenters. The number of hydrogen-bond acceptors (Lipinski definition) is 13. The highest BCUT2D eigenvalue weighted by atomic mass is 32.1. The van der Waals surface area contributed by atoms with Crippen molar-refractivity contribution in [3.05, 3.63) is 151 Å². The van der Waals surface area contributed by atoms with E-state index in [1.54, 1.807) is 16.5 Å². The summed E-state index contributed by atoms with van der Waals surface area (Å²) >= 11 is 1.53. The largest absolute Gasteiger partial charge is 0.494 e. The summed E-state index contributed by atoms with van der Waals surface area (Å²) in [6.07, 6.45) is 1.61. The number of β-amino-alcohol motifs (C(OH)–C–C–N with tert-alkyl or cyclic N) is 1. The van der Waals surface area contributed by atoms with Crippen molar-refractivity contribution in [2.45, 2.75) is 118 Å². The molecule has 0 spiro atoms. The fourth-order valence-corrected chi connectivity index (χ4v) is 12.2. The van der Waals surface area contributed by atoms with Crippen molar-refractivity contribution < 1.29 is 43.2 Å². The van der Waals surface area contributed by atoms with Crippen LogP contribution in [0.4, 0.5) is 5.69 Å². The van der Waals surface area contributed by atoms with Crippen molar-refractivity contribution in [3.63, 3.8) is 0 Å². The van der Waals surface area contributed by atoms with Crippen LogP contribution in [0.2, 0.25) is 0 Å². The number of hydrogen-bond donors (Lipinski definition) is 4. The third kappa shape index (κ3) is 13.5. The Morgan fingerprint density at radius 2 is 1.64 bits per heavy atom. The van der Waals surface area contributed by atoms with Crippen molar-refractivity contribution in [2.24, 2.45) is 5.92 Å². The number of aromatic amines is 1. The molecule has 5 heterocycles. The number of H-pyrrole nitrogens is 1. The summed E-state index contributed by atoms with van der Waals surface area (Å²) in [6.45, 7) is 17.6. The number of likely N-dealkylation sites (tertiary alicyclic amines) is 1. The zero-order valence-electron chi connectivity index (χ0n) is 47.5. The van der Waals surface area contributed by atoms with Gasteiger partial charge >= 0.3 is 0 Å². The van der Waals surface area contributed by atoms with Gasteiger partial charge in [0, 0.05) is 105 Å². The van der Waals surface area contributed by atoms with Crippen LogP contribution in [0.25, 0.3) is 21.6 Å². The second-order valence-corrected chi connectivity index (χ2v) is 22.4. The maximum atomic E-state index is 14.3. The molecule has 0 radical (unpaired) electrons. The molecular weight excluding hydrogens is 1050 g/mol. The number of anilines is 1. The Balaban J connectivity index is 0.790. The van der Waals surface area contributed by atoms with Crippen LogP contribution in [0, 0.1) is 33.6 Å². The van der Waals surface area contributed by atoms with E-state index in [1.165, 1.54) is 16.2 Å². The lowest BCUT2D eigenvalue weighted by Gasteiger charge is -2.37. The van der Waals surface area contributed by atoms with E-state index in [4.69, 9.17) is 18.9 Å². The summed E-state index contributed by atoms with van der Waals surface area (Å²) in [7, 11) is 0. The minimum Gasteiger partial charge on any atom is -0.494 e. The first kappa shape index (κ1) is 58.3. The number of fused-ring (bicyclic) bond motifs is 1. The predicted octanol–water partition coefficient (Wildman–Crippen LogP) is 8.46. The Morgan fingerprint density at radius 1 is 0.877 bits per heavy atom. The molecular formula is C63H75N7O10S. The number of aliphatic hydroxyl groups is 1. The smallest absolute Gasteiger partial charge is 0.255 e. The van der Waals surface area contributed by atoms with Gasteiger partial charge in [0.25, 0.3) is 17.4 Å². The fraction of sp³-hybridized carbons (Fsp3) is 0.429. The molecule has 0 saturated carbocycles. The van der Waals surface area contributed by atoms with Gasteiger partial charge in [-0.25, -0.2) is 4.98 Å². The van der Waals surface area contributed by atoms with Gasteiger partial charge in [-0.05, 0) is 129 Å². The quantitative estimate of drug-likeness (QED) is 0.0446. The molecule has 1 unspecified atom stereocenters. The van der Waals surface area contributed by atoms with Crippen molar-refractivity contribution in [1.82, 2.24) is 30.4 Å². The predicted molar refractivity (Wildman–Crippen MR) is 313 cm³/mol. The number of carbonyl (C=O) groups is 4. The number of pyridine rings is 1. The highest BCUT2D eigenvalue weighted by molar-refractivity contribution is 7.13. The fourth-order valence-electron chi connectivity index (χ4n) is 11.4. The van der Waals surface area contributed by atoms with Gasteiger partial charge in [0.05, 0.1) is 35.4 Å². The van der Waals surface area contributed by atoms with Gasteiger partial charge in [-0.3, -0.25) is 24.0 Å². The number of rotatable bonds is 23. The molecule has 2 fully saturated rings. The summed E-state index contributed by atoms with van der Waals surface area (Å²) in [5.74, 6) is -0.201. The number of thiazole rings is 1. The molecule has 2 aromatic heterocycles. The molecule has 3 aliphatic rings. The van der Waals surface area contributed by atoms with Gasteiger partial charge in [-0.15, -0.1) is 11.3 Å². The maximum Gasteiger partial charge on any atom is 0.255 e. The minimum atomic E-state index is -0.924. The molecule has 9 rings (SSSR count). The van der Waals surface area contributed by atoms with E-state index in [9.17, 15) is 29.1 Å². The summed E-state index contributed by atoms with van der Waals surface area (Å²) in [4.78, 5) is 82.4. The van der Waals surface area contributed by atoms with E-state index in [0.717, 1.165) is 80.3 Å². The van der Waals surface area contributed by atoms with Crippen LogP contribution in [0.3, 0.4) is 0 Å². The van der Waals surface area contributed by atoms with Crippen molar-refractivity contribution in [2.75, 3.05) is 57.6 Å². The van der Waals surface area contributed by atoms with E-state index in [2.05, 4.69) is 38.5 Å². The molecule has 6 aromatic rings. The monoisotopic (exact) mass is 1120 g/mol. The third-order valence-corrected chi connectivity index (χ3v) is 16.6. The third-order valence-electron chi connectivity index (χ3n) is 15.7. The lowest BCUT2D eigenvalue weighted by molar-refractivity contribution is -0.143. The number of benzene rings is 4. The second kappa shape index (κ2) is 26.5. The van der Waals surface area contributed by atoms with Crippen LogP contribution in [0.5, 0.6) is 11.5 Å². The van der Waals surface area contributed by atoms with Crippen LogP contribution < -0.4 is 30.6 Å². The zero-order valence-corrected chi connectivity index (χ0v) is 48.3. The molecule has 18 heteroatoms. The molecule has 3 aliphatic heterocycles. The average Bonchev–Trinajstić information content (AvgIpc) is 4.37. The van der Waals surface area contributed by atoms with Crippen LogP contribution >= 0.6 is 11.3 Å². The van der Waals surface area contributed by atoms with E-state index >= 15 is 0 Å². The lowest BCUT2D eigenvalue weighted by Crippen LogP contribution is -2.55. The van der Waals surface area contributed by atoms with Crippen LogP contribution in [-0.2, 0) is 38.7 Å². The number of nitrogens with one attached hydrogen (secondary N) is 3. The molecule has 4 N–H and O–H groups in total. The first-order valence-electron chi connectivity index (χ1n) is 28.2. The van der Waals surface area contributed by atoms with Crippen molar-refractivity contribution in [3.8, 4) is 33.1 Å². The molecule has 17 nitrogen and oxygen atoms in total. The highest BCUT2D eigenvalue weighted by Crippen LogP contribution is 2.36. The molecule has 428 valence electrons. The SMILES string of the molecule is CCN(c1cc(-c2ccc(OCCCOCCOc3cc(-c4scnc4C)ccc3CNC(=O)[C@@H]3C[C@@H](O)CN3C(=O)C(C(C)C)N3Cc4ccccc4C3=O)cc2)cc(C(=O)NCc2c(C)cc(C)[nH]c2=O)c1C)C1CCOCC1. The molecule has 0 aliphatic carbocycles. The summed E-state index contributed by atoms with van der Waals surface area (Å²) in [5, 5.41) is 16.9. The number of amides is 4. The van der Waals surface area contributed by atoms with Gasteiger partial charge in [0.1, 0.15) is 30.2 Å². The lowest BCUT2D eigenvalue weighted by atomic mass is 9.95. The molecule has 0 bridgehead atoms. The van der Waals surface area contributed by atoms with Crippen LogP contribution in [0.1, 0.15) is 106 Å². The maximum absolute atomic E-state index is 14.3. The van der Waals surface area contributed by atoms with E-state index in [0.29, 0.717) is 74.2 Å². The first-order chi connectivity index (χ1) is 39.1. The molecule has 2 saturated heterocycles. The van der Waals surface area contributed by atoms with Gasteiger partial charge in [-0.2, -0.15) is 0 Å². The number of ether oxygens (including phenoxy) is 4. The summed E-state index contributed by atoms with van der Waals surface area (Å²) < 4.78 is 24.2. The topological polar surface area (TPSA) is 205 Å². The highest BCUT2D eigenvalue weighted by Gasteiger charge is 2.46. The standard InChI is InChI=1S/C63H75N7O10S/c1-8-68(48-20-24-78-25-21-48)54-30-47(29-52(41(54)6)59(72)65-34-53-39(4)28-40(5)67-60(53)73)43-16-18-50(19-17-43)79-23-11-22-77-26-27-80-56-31-44(58-42(7)66-37-81-58)14-15-45(56)33-64-61(74)55-32-49(71)36-69(55)63(76)57(38(2)3)70-35-46-12-9-10-13-51(46)62(70)75/h9-10,12-19,28-31,37-38,48-49,55,57,71H,8,11,20-27,32-36H2,1-7H3,(H,64,74)(H,65,72)(H,67,73)/t49-,55+,57?/m1/s1. The Kier molecular flexibility index (Phi) is 19.0. The van der Waals surface area contributed by atoms with Crippen molar-refractivity contribution in [1.29, 1.82) is 0 Å². The van der Waals surface area contributed by atoms with E-state index in [-0.39, 0.29) is 67.9 Å². The van der Waals surface area contributed by atoms with E-state index in [1.807, 2.05) is 114 Å². The summed E-state index contributed by atoms with van der Waals surface area (Å²) in [5.41, 5.74) is 11.9. The van der Waals surface area contributed by atoms with Crippen LogP contribution in [-0.4, -0.2) is 125 Å². The molecule has 4 amide bonds. The Hall–Kier alpha value is -7.38. The normalized spacial score (nSPS) is 16.6. The van der Waals surface area contributed by atoms with Crippen LogP contribution in [0.15, 0.2) is 95.2 Å². The Bertz CT molecular complexity index is 3280. The van der Waals surface area contributed by atoms with Gasteiger partial charge < -0.3 is 54.4 Å².